The molecule has 2 N–H and O–H groups in total. The highest BCUT2D eigenvalue weighted by atomic mass is 16.5. The topological polar surface area (TPSA) is 71.0 Å². The lowest BCUT2D eigenvalue weighted by Crippen LogP contribution is -2.46. The van der Waals surface area contributed by atoms with Crippen molar-refractivity contribution in [3.05, 3.63) is 65.7 Å². The number of methoxy groups -OCH3 is 1. The maximum atomic E-state index is 12.4. The number of nitrogens with zero attached hydrogens (tertiary/aromatic N) is 1. The Morgan fingerprint density at radius 3 is 2.43 bits per heavy atom. The summed E-state index contributed by atoms with van der Waals surface area (Å²) in [7, 11) is 1.60. The summed E-state index contributed by atoms with van der Waals surface area (Å²) in [5.74, 6) is 0.724. The van der Waals surface area contributed by atoms with Crippen molar-refractivity contribution >= 4 is 6.09 Å². The number of ether oxygens (including phenoxy) is 2. The summed E-state index contributed by atoms with van der Waals surface area (Å²) in [6.07, 6.45) is 0.921. The number of hydrogen-bond donors (Lipinski definition) is 2. The summed E-state index contributed by atoms with van der Waals surface area (Å²) in [4.78, 5) is 14.6. The molecule has 1 aliphatic rings. The second-order valence-corrected chi connectivity index (χ2v) is 7.04. The standard InChI is InChI=1S/C22H28N2O4/c1-27-19-11-9-18(10-12-19)21(25)20(15-24-13-5-6-14-24)23-22(26)28-16-17-7-3-2-4-8-17/h2-4,7-12,20-21,25H,5-6,13-16H2,1H3,(H,23,26)/t20-,21?/m1/s1. The van der Waals surface area contributed by atoms with Gasteiger partial charge < -0.3 is 24.8 Å². The van der Waals surface area contributed by atoms with E-state index in [1.54, 1.807) is 19.2 Å². The van der Waals surface area contributed by atoms with Crippen molar-refractivity contribution in [3.8, 4) is 5.75 Å². The highest BCUT2D eigenvalue weighted by Gasteiger charge is 2.27. The van der Waals surface area contributed by atoms with E-state index in [4.69, 9.17) is 9.47 Å². The molecule has 1 saturated heterocycles. The van der Waals surface area contributed by atoms with Crippen LogP contribution in [0.4, 0.5) is 4.79 Å². The van der Waals surface area contributed by atoms with Crippen LogP contribution in [0.2, 0.25) is 0 Å². The van der Waals surface area contributed by atoms with Gasteiger partial charge >= 0.3 is 6.09 Å². The maximum absolute atomic E-state index is 12.4. The van der Waals surface area contributed by atoms with Gasteiger partial charge in [0.05, 0.1) is 13.2 Å². The van der Waals surface area contributed by atoms with Gasteiger partial charge in [-0.15, -0.1) is 0 Å². The lowest BCUT2D eigenvalue weighted by molar-refractivity contribution is 0.0882. The molecule has 2 atom stereocenters. The number of amides is 1. The minimum absolute atomic E-state index is 0.196. The molecule has 0 bridgehead atoms. The van der Waals surface area contributed by atoms with Crippen molar-refractivity contribution in [3.63, 3.8) is 0 Å². The summed E-state index contributed by atoms with van der Waals surface area (Å²) in [5.41, 5.74) is 1.65. The molecule has 1 aliphatic heterocycles. The van der Waals surface area contributed by atoms with E-state index >= 15 is 0 Å². The van der Waals surface area contributed by atoms with Crippen LogP contribution in [0.1, 0.15) is 30.1 Å². The average molecular weight is 384 g/mol. The third-order valence-corrected chi connectivity index (χ3v) is 5.01. The fourth-order valence-electron chi connectivity index (χ4n) is 3.42. The van der Waals surface area contributed by atoms with Crippen LogP contribution in [-0.4, -0.2) is 48.9 Å². The quantitative estimate of drug-likeness (QED) is 0.732. The number of benzene rings is 2. The van der Waals surface area contributed by atoms with Gasteiger partial charge in [-0.25, -0.2) is 4.79 Å². The number of carbonyl (C=O) groups is 1. The molecule has 28 heavy (non-hydrogen) atoms. The zero-order chi connectivity index (χ0) is 19.8. The van der Waals surface area contributed by atoms with E-state index in [2.05, 4.69) is 10.2 Å². The lowest BCUT2D eigenvalue weighted by Gasteiger charge is -2.28. The number of aliphatic hydroxyl groups excluding tert-OH is 1. The van der Waals surface area contributed by atoms with Crippen molar-refractivity contribution in [2.75, 3.05) is 26.7 Å². The fraction of sp³-hybridized carbons (Fsp3) is 0.409. The van der Waals surface area contributed by atoms with Gasteiger partial charge in [0.25, 0.3) is 0 Å². The largest absolute Gasteiger partial charge is 0.497 e. The predicted octanol–water partition coefficient (Wildman–Crippen LogP) is 3.12. The van der Waals surface area contributed by atoms with Gasteiger partial charge in [-0.05, 0) is 49.2 Å². The van der Waals surface area contributed by atoms with E-state index in [-0.39, 0.29) is 6.61 Å². The molecule has 1 fully saturated rings. The molecule has 150 valence electrons. The summed E-state index contributed by atoms with van der Waals surface area (Å²) >= 11 is 0. The minimum atomic E-state index is -0.837. The fourth-order valence-corrected chi connectivity index (χ4v) is 3.42. The van der Waals surface area contributed by atoms with Crippen LogP contribution in [0.25, 0.3) is 0 Å². The van der Waals surface area contributed by atoms with Crippen LogP contribution in [0.15, 0.2) is 54.6 Å². The summed E-state index contributed by atoms with van der Waals surface area (Å²) in [6.45, 7) is 2.73. The Hall–Kier alpha value is -2.57. The first-order chi connectivity index (χ1) is 13.7. The van der Waals surface area contributed by atoms with E-state index < -0.39 is 18.2 Å². The Morgan fingerprint density at radius 2 is 1.79 bits per heavy atom. The van der Waals surface area contributed by atoms with Gasteiger partial charge in [0.15, 0.2) is 0 Å². The molecule has 0 saturated carbocycles. The van der Waals surface area contributed by atoms with Crippen molar-refractivity contribution in [2.24, 2.45) is 0 Å². The van der Waals surface area contributed by atoms with Gasteiger partial charge in [0.2, 0.25) is 0 Å². The molecular weight excluding hydrogens is 356 g/mol. The van der Waals surface area contributed by atoms with Crippen LogP contribution in [0.5, 0.6) is 5.75 Å². The van der Waals surface area contributed by atoms with Crippen molar-refractivity contribution in [1.82, 2.24) is 10.2 Å². The highest BCUT2D eigenvalue weighted by Crippen LogP contribution is 2.22. The molecule has 0 aromatic heterocycles. The van der Waals surface area contributed by atoms with Crippen LogP contribution in [0, 0.1) is 0 Å². The van der Waals surface area contributed by atoms with E-state index in [0.29, 0.717) is 6.54 Å². The van der Waals surface area contributed by atoms with E-state index in [1.165, 1.54) is 0 Å². The summed E-state index contributed by atoms with van der Waals surface area (Å²) in [6, 6.07) is 16.3. The number of likely N-dealkylation sites (tertiary alicyclic amines) is 1. The Bertz CT molecular complexity index is 730. The van der Waals surface area contributed by atoms with Crippen LogP contribution in [-0.2, 0) is 11.3 Å². The third kappa shape index (κ3) is 5.71. The first-order valence-corrected chi connectivity index (χ1v) is 9.67. The molecule has 2 aromatic carbocycles. The highest BCUT2D eigenvalue weighted by molar-refractivity contribution is 5.67. The average Bonchev–Trinajstić information content (AvgIpc) is 3.25. The molecular formula is C22H28N2O4. The van der Waals surface area contributed by atoms with E-state index in [0.717, 1.165) is 42.8 Å². The summed E-state index contributed by atoms with van der Waals surface area (Å²) in [5, 5.41) is 13.8. The van der Waals surface area contributed by atoms with E-state index in [1.807, 2.05) is 42.5 Å². The second-order valence-electron chi connectivity index (χ2n) is 7.04. The molecule has 1 unspecified atom stereocenters. The molecule has 0 radical (unpaired) electrons. The maximum Gasteiger partial charge on any atom is 0.407 e. The molecule has 3 rings (SSSR count). The van der Waals surface area contributed by atoms with Crippen molar-refractivity contribution < 1.29 is 19.4 Å². The van der Waals surface area contributed by atoms with Crippen LogP contribution >= 0.6 is 0 Å². The molecule has 6 heteroatoms. The normalized spacial score (nSPS) is 16.4. The zero-order valence-corrected chi connectivity index (χ0v) is 16.2. The van der Waals surface area contributed by atoms with Crippen LogP contribution in [0.3, 0.4) is 0 Å². The SMILES string of the molecule is COc1ccc(C(O)[C@@H](CN2CCCC2)NC(=O)OCc2ccccc2)cc1. The Morgan fingerprint density at radius 1 is 1.11 bits per heavy atom. The molecule has 1 heterocycles. The second kappa shape index (κ2) is 10.1. The molecule has 0 spiro atoms. The Labute approximate surface area is 166 Å². The first-order valence-electron chi connectivity index (χ1n) is 9.67. The molecule has 1 amide bonds. The number of hydrogen-bond acceptors (Lipinski definition) is 5. The Kier molecular flexibility index (Phi) is 7.28. The monoisotopic (exact) mass is 384 g/mol. The number of aliphatic hydroxyl groups is 1. The molecule has 6 nitrogen and oxygen atoms in total. The lowest BCUT2D eigenvalue weighted by atomic mass is 10.0. The summed E-state index contributed by atoms with van der Waals surface area (Å²) < 4.78 is 10.5. The Balaban J connectivity index is 1.63. The third-order valence-electron chi connectivity index (χ3n) is 5.01. The smallest absolute Gasteiger partial charge is 0.407 e. The van der Waals surface area contributed by atoms with Gasteiger partial charge in [-0.2, -0.15) is 0 Å². The minimum Gasteiger partial charge on any atom is -0.497 e. The predicted molar refractivity (Wildman–Crippen MR) is 107 cm³/mol. The van der Waals surface area contributed by atoms with Gasteiger partial charge in [0, 0.05) is 6.54 Å². The number of nitrogens with one attached hydrogen (secondary N) is 1. The zero-order valence-electron chi connectivity index (χ0n) is 16.2. The van der Waals surface area contributed by atoms with Crippen molar-refractivity contribution in [2.45, 2.75) is 31.6 Å². The van der Waals surface area contributed by atoms with Gasteiger partial charge in [-0.1, -0.05) is 42.5 Å². The first kappa shape index (κ1) is 20.2. The van der Waals surface area contributed by atoms with Gasteiger partial charge in [0.1, 0.15) is 18.5 Å². The number of carbonyl (C=O) groups excluding carboxylic acids is 1. The number of rotatable bonds is 8. The molecule has 0 aliphatic carbocycles. The van der Waals surface area contributed by atoms with E-state index in [9.17, 15) is 9.90 Å². The molecule has 2 aromatic rings. The van der Waals surface area contributed by atoms with Gasteiger partial charge in [-0.3, -0.25) is 0 Å². The van der Waals surface area contributed by atoms with Crippen molar-refractivity contribution in [1.29, 1.82) is 0 Å². The number of alkyl carbamates (subject to hydrolysis) is 1. The van der Waals surface area contributed by atoms with Crippen LogP contribution < -0.4 is 10.1 Å².